The van der Waals surface area contributed by atoms with Crippen LogP contribution in [-0.2, 0) is 11.3 Å². The summed E-state index contributed by atoms with van der Waals surface area (Å²) in [6.45, 7) is 4.88. The highest BCUT2D eigenvalue weighted by Gasteiger charge is 2.08. The molecule has 2 rings (SSSR count). The summed E-state index contributed by atoms with van der Waals surface area (Å²) in [5, 5.41) is 3.33. The van der Waals surface area contributed by atoms with Crippen molar-refractivity contribution in [3.05, 3.63) is 59.4 Å². The lowest BCUT2D eigenvalue weighted by molar-refractivity contribution is 0.0526. The number of carbonyl (C=O) groups is 1. The number of rotatable bonds is 5. The van der Waals surface area contributed by atoms with Crippen LogP contribution in [0.25, 0.3) is 0 Å². The molecule has 1 heterocycles. The maximum Gasteiger partial charge on any atom is 0.338 e. The van der Waals surface area contributed by atoms with Crippen LogP contribution >= 0.6 is 0 Å². The summed E-state index contributed by atoms with van der Waals surface area (Å²) in [5.74, 6) is -0.292. The molecule has 1 aromatic carbocycles. The predicted molar refractivity (Wildman–Crippen MR) is 78.7 cm³/mol. The second kappa shape index (κ2) is 6.70. The zero-order valence-corrected chi connectivity index (χ0v) is 11.7. The van der Waals surface area contributed by atoms with E-state index in [2.05, 4.69) is 10.3 Å². The van der Waals surface area contributed by atoms with Crippen molar-refractivity contribution in [1.82, 2.24) is 4.98 Å². The van der Waals surface area contributed by atoms with Crippen LogP contribution in [0.1, 0.15) is 28.4 Å². The quantitative estimate of drug-likeness (QED) is 0.848. The normalized spacial score (nSPS) is 10.1. The van der Waals surface area contributed by atoms with Crippen molar-refractivity contribution in [3.63, 3.8) is 0 Å². The Labute approximate surface area is 118 Å². The molecule has 0 aliphatic carbocycles. The number of hydrogen-bond donors (Lipinski definition) is 1. The second-order valence-corrected chi connectivity index (χ2v) is 4.46. The van der Waals surface area contributed by atoms with E-state index in [1.54, 1.807) is 25.4 Å². The summed E-state index contributed by atoms with van der Waals surface area (Å²) in [5.41, 5.74) is 3.73. The molecule has 0 aliphatic heterocycles. The van der Waals surface area contributed by atoms with Crippen LogP contribution < -0.4 is 5.32 Å². The highest BCUT2D eigenvalue weighted by molar-refractivity contribution is 5.90. The monoisotopic (exact) mass is 270 g/mol. The molecule has 0 aliphatic rings. The van der Waals surface area contributed by atoms with Crippen molar-refractivity contribution in [2.24, 2.45) is 0 Å². The molecule has 20 heavy (non-hydrogen) atoms. The van der Waals surface area contributed by atoms with Gasteiger partial charge in [-0.2, -0.15) is 0 Å². The molecule has 104 valence electrons. The van der Waals surface area contributed by atoms with Crippen molar-refractivity contribution < 1.29 is 9.53 Å². The largest absolute Gasteiger partial charge is 0.462 e. The zero-order chi connectivity index (χ0) is 14.4. The van der Waals surface area contributed by atoms with Gasteiger partial charge in [-0.3, -0.25) is 4.98 Å². The fourth-order valence-corrected chi connectivity index (χ4v) is 1.85. The van der Waals surface area contributed by atoms with E-state index >= 15 is 0 Å². The number of hydrogen-bond acceptors (Lipinski definition) is 4. The average Bonchev–Trinajstić information content (AvgIpc) is 2.47. The Kier molecular flexibility index (Phi) is 4.71. The summed E-state index contributed by atoms with van der Waals surface area (Å²) < 4.78 is 5.01. The van der Waals surface area contributed by atoms with Gasteiger partial charge in [0.15, 0.2) is 0 Å². The van der Waals surface area contributed by atoms with Crippen LogP contribution in [0.2, 0.25) is 0 Å². The van der Waals surface area contributed by atoms with Gasteiger partial charge in [0, 0.05) is 24.6 Å². The molecule has 0 spiro atoms. The van der Waals surface area contributed by atoms with Crippen molar-refractivity contribution >= 4 is 11.7 Å². The van der Waals surface area contributed by atoms with E-state index in [0.29, 0.717) is 18.7 Å². The third-order valence-electron chi connectivity index (χ3n) is 2.98. The molecule has 4 nitrogen and oxygen atoms in total. The molecule has 0 amide bonds. The number of esters is 1. The number of carbonyl (C=O) groups excluding carboxylic acids is 1. The van der Waals surface area contributed by atoms with Gasteiger partial charge in [0.05, 0.1) is 12.2 Å². The van der Waals surface area contributed by atoms with Crippen LogP contribution in [-0.4, -0.2) is 17.6 Å². The summed E-state index contributed by atoms with van der Waals surface area (Å²) in [6.07, 6.45) is 3.53. The SMILES string of the molecule is CCOC(=O)c1ccc(C)c(NCc2ccncc2)c1. The highest BCUT2D eigenvalue weighted by atomic mass is 16.5. The summed E-state index contributed by atoms with van der Waals surface area (Å²) in [7, 11) is 0. The Morgan fingerprint density at radius 2 is 2.00 bits per heavy atom. The number of nitrogens with zero attached hydrogens (tertiary/aromatic N) is 1. The summed E-state index contributed by atoms with van der Waals surface area (Å²) in [4.78, 5) is 15.7. The number of benzene rings is 1. The third-order valence-corrected chi connectivity index (χ3v) is 2.98. The van der Waals surface area contributed by atoms with E-state index in [0.717, 1.165) is 16.8 Å². The Hall–Kier alpha value is -2.36. The van der Waals surface area contributed by atoms with Gasteiger partial charge in [0.1, 0.15) is 0 Å². The smallest absolute Gasteiger partial charge is 0.338 e. The molecule has 0 radical (unpaired) electrons. The summed E-state index contributed by atoms with van der Waals surface area (Å²) in [6, 6.07) is 9.44. The molecule has 0 atom stereocenters. The van der Waals surface area contributed by atoms with E-state index in [1.165, 1.54) is 0 Å². The number of anilines is 1. The molecular weight excluding hydrogens is 252 g/mol. The topological polar surface area (TPSA) is 51.2 Å². The van der Waals surface area contributed by atoms with Gasteiger partial charge >= 0.3 is 5.97 Å². The van der Waals surface area contributed by atoms with Gasteiger partial charge in [-0.15, -0.1) is 0 Å². The molecule has 0 fully saturated rings. The van der Waals surface area contributed by atoms with Crippen molar-refractivity contribution in [3.8, 4) is 0 Å². The lowest BCUT2D eigenvalue weighted by Crippen LogP contribution is -2.07. The van der Waals surface area contributed by atoms with E-state index in [9.17, 15) is 4.79 Å². The number of pyridine rings is 1. The minimum absolute atomic E-state index is 0.292. The Morgan fingerprint density at radius 3 is 2.70 bits per heavy atom. The number of nitrogens with one attached hydrogen (secondary N) is 1. The Bertz CT molecular complexity index is 582. The number of aryl methyl sites for hydroxylation is 1. The Morgan fingerprint density at radius 1 is 1.25 bits per heavy atom. The molecule has 0 saturated carbocycles. The van der Waals surface area contributed by atoms with Crippen LogP contribution in [0, 0.1) is 6.92 Å². The molecule has 2 aromatic rings. The van der Waals surface area contributed by atoms with Gasteiger partial charge in [0.2, 0.25) is 0 Å². The predicted octanol–water partition coefficient (Wildman–Crippen LogP) is 3.18. The maximum absolute atomic E-state index is 11.7. The molecule has 1 aromatic heterocycles. The first kappa shape index (κ1) is 14.1. The first-order valence-electron chi connectivity index (χ1n) is 6.61. The molecule has 1 N–H and O–H groups in total. The molecule has 4 heteroatoms. The van der Waals surface area contributed by atoms with Crippen molar-refractivity contribution in [2.45, 2.75) is 20.4 Å². The number of aromatic nitrogens is 1. The van der Waals surface area contributed by atoms with Gasteiger partial charge in [-0.1, -0.05) is 6.07 Å². The maximum atomic E-state index is 11.7. The first-order chi connectivity index (χ1) is 9.70. The Balaban J connectivity index is 2.10. The third kappa shape index (κ3) is 3.57. The minimum atomic E-state index is -0.292. The second-order valence-electron chi connectivity index (χ2n) is 4.46. The molecule has 0 saturated heterocycles. The van der Waals surface area contributed by atoms with Crippen molar-refractivity contribution in [1.29, 1.82) is 0 Å². The van der Waals surface area contributed by atoms with Gasteiger partial charge in [0.25, 0.3) is 0 Å². The fourth-order valence-electron chi connectivity index (χ4n) is 1.85. The minimum Gasteiger partial charge on any atom is -0.462 e. The standard InChI is InChI=1S/C16H18N2O2/c1-3-20-16(19)14-5-4-12(2)15(10-14)18-11-13-6-8-17-9-7-13/h4-10,18H,3,11H2,1-2H3. The fraction of sp³-hybridized carbons (Fsp3) is 0.250. The summed E-state index contributed by atoms with van der Waals surface area (Å²) >= 11 is 0. The molecule has 0 unspecified atom stereocenters. The van der Waals surface area contributed by atoms with Gasteiger partial charge in [-0.25, -0.2) is 4.79 Å². The van der Waals surface area contributed by atoms with Crippen LogP contribution in [0.5, 0.6) is 0 Å². The van der Waals surface area contributed by atoms with E-state index in [1.807, 2.05) is 31.2 Å². The number of ether oxygens (including phenoxy) is 1. The highest BCUT2D eigenvalue weighted by Crippen LogP contribution is 2.18. The van der Waals surface area contributed by atoms with Crippen LogP contribution in [0.3, 0.4) is 0 Å². The van der Waals surface area contributed by atoms with E-state index < -0.39 is 0 Å². The van der Waals surface area contributed by atoms with Crippen molar-refractivity contribution in [2.75, 3.05) is 11.9 Å². The first-order valence-corrected chi connectivity index (χ1v) is 6.61. The average molecular weight is 270 g/mol. The van der Waals surface area contributed by atoms with E-state index in [-0.39, 0.29) is 5.97 Å². The molecular formula is C16H18N2O2. The van der Waals surface area contributed by atoms with Gasteiger partial charge < -0.3 is 10.1 Å². The van der Waals surface area contributed by atoms with Gasteiger partial charge in [-0.05, 0) is 49.2 Å². The van der Waals surface area contributed by atoms with Crippen LogP contribution in [0.15, 0.2) is 42.7 Å². The van der Waals surface area contributed by atoms with Crippen LogP contribution in [0.4, 0.5) is 5.69 Å². The zero-order valence-electron chi connectivity index (χ0n) is 11.7. The lowest BCUT2D eigenvalue weighted by Gasteiger charge is -2.11. The van der Waals surface area contributed by atoms with E-state index in [4.69, 9.17) is 4.74 Å². The lowest BCUT2D eigenvalue weighted by atomic mass is 10.1. The molecule has 0 bridgehead atoms.